The number of benzene rings is 1. The molecule has 6 nitrogen and oxygen atoms in total. The SMILES string of the molecule is COC[C@H](C)NC(=O)CSc1nnc(-c2ccc(C(C)(C)C)cc2)o1. The highest BCUT2D eigenvalue weighted by atomic mass is 32.2. The molecular weight excluding hydrogens is 338 g/mol. The third-order valence-electron chi connectivity index (χ3n) is 3.56. The second-order valence-electron chi connectivity index (χ2n) is 6.91. The molecule has 0 spiro atoms. The van der Waals surface area contributed by atoms with E-state index in [1.54, 1.807) is 7.11 Å². The van der Waals surface area contributed by atoms with Crippen molar-refractivity contribution in [3.8, 4) is 11.5 Å². The van der Waals surface area contributed by atoms with Gasteiger partial charge in [0.25, 0.3) is 5.22 Å². The molecule has 0 bridgehead atoms. The fourth-order valence-corrected chi connectivity index (χ4v) is 2.81. The highest BCUT2D eigenvalue weighted by molar-refractivity contribution is 7.99. The normalized spacial score (nSPS) is 12.8. The number of nitrogens with one attached hydrogen (secondary N) is 1. The van der Waals surface area contributed by atoms with Crippen LogP contribution in [0, 0.1) is 0 Å². The Hall–Kier alpha value is -1.86. The molecule has 0 aliphatic carbocycles. The van der Waals surface area contributed by atoms with Crippen molar-refractivity contribution in [2.45, 2.75) is 44.4 Å². The molecule has 1 aromatic carbocycles. The highest BCUT2D eigenvalue weighted by Crippen LogP contribution is 2.27. The van der Waals surface area contributed by atoms with Crippen molar-refractivity contribution in [3.05, 3.63) is 29.8 Å². The summed E-state index contributed by atoms with van der Waals surface area (Å²) in [7, 11) is 1.60. The Morgan fingerprint density at radius 1 is 1.28 bits per heavy atom. The number of hydrogen-bond donors (Lipinski definition) is 1. The zero-order valence-electron chi connectivity index (χ0n) is 15.3. The molecule has 1 amide bonds. The molecule has 1 atom stereocenters. The van der Waals surface area contributed by atoms with Crippen LogP contribution in [0.1, 0.15) is 33.3 Å². The van der Waals surface area contributed by atoms with Crippen LogP contribution in [0.4, 0.5) is 0 Å². The van der Waals surface area contributed by atoms with E-state index in [2.05, 4.69) is 48.4 Å². The van der Waals surface area contributed by atoms with Gasteiger partial charge in [0.05, 0.1) is 12.4 Å². The molecule has 0 radical (unpaired) electrons. The van der Waals surface area contributed by atoms with Crippen LogP contribution < -0.4 is 5.32 Å². The van der Waals surface area contributed by atoms with Gasteiger partial charge in [-0.05, 0) is 30.0 Å². The fraction of sp³-hybridized carbons (Fsp3) is 0.500. The summed E-state index contributed by atoms with van der Waals surface area (Å²) in [4.78, 5) is 11.8. The Kier molecular flexibility index (Phi) is 6.61. The van der Waals surface area contributed by atoms with E-state index in [0.29, 0.717) is 17.7 Å². The smallest absolute Gasteiger partial charge is 0.277 e. The second-order valence-corrected chi connectivity index (χ2v) is 7.84. The van der Waals surface area contributed by atoms with Crippen LogP contribution in [0.25, 0.3) is 11.5 Å². The minimum atomic E-state index is -0.0937. The first-order valence-corrected chi connectivity index (χ1v) is 9.13. The summed E-state index contributed by atoms with van der Waals surface area (Å²) >= 11 is 1.22. The number of aromatic nitrogens is 2. The molecule has 2 rings (SSSR count). The molecule has 1 aromatic heterocycles. The van der Waals surface area contributed by atoms with Gasteiger partial charge in [-0.15, -0.1) is 10.2 Å². The van der Waals surface area contributed by atoms with E-state index >= 15 is 0 Å². The Morgan fingerprint density at radius 2 is 1.96 bits per heavy atom. The lowest BCUT2D eigenvalue weighted by molar-refractivity contribution is -0.119. The molecule has 136 valence electrons. The Bertz CT molecular complexity index is 692. The average Bonchev–Trinajstić information content (AvgIpc) is 3.01. The van der Waals surface area contributed by atoms with Crippen LogP contribution in [-0.2, 0) is 14.9 Å². The minimum absolute atomic E-state index is 0.0299. The van der Waals surface area contributed by atoms with Crippen molar-refractivity contribution in [1.29, 1.82) is 0 Å². The van der Waals surface area contributed by atoms with Gasteiger partial charge < -0.3 is 14.5 Å². The van der Waals surface area contributed by atoms with Crippen molar-refractivity contribution >= 4 is 17.7 Å². The second kappa shape index (κ2) is 8.49. The lowest BCUT2D eigenvalue weighted by Crippen LogP contribution is -2.36. The first-order chi connectivity index (χ1) is 11.8. The molecule has 7 heteroatoms. The molecular formula is C18H25N3O3S. The lowest BCUT2D eigenvalue weighted by atomic mass is 9.87. The Labute approximate surface area is 152 Å². The number of carbonyl (C=O) groups excluding carboxylic acids is 1. The van der Waals surface area contributed by atoms with Crippen molar-refractivity contribution in [1.82, 2.24) is 15.5 Å². The lowest BCUT2D eigenvalue weighted by Gasteiger charge is -2.18. The van der Waals surface area contributed by atoms with Crippen LogP contribution in [-0.4, -0.2) is 41.6 Å². The summed E-state index contributed by atoms with van der Waals surface area (Å²) in [6.07, 6.45) is 0. The first-order valence-electron chi connectivity index (χ1n) is 8.15. The average molecular weight is 363 g/mol. The van der Waals surface area contributed by atoms with Gasteiger partial charge in [0.2, 0.25) is 11.8 Å². The summed E-state index contributed by atoms with van der Waals surface area (Å²) in [6.45, 7) is 8.87. The number of thioether (sulfide) groups is 1. The van der Waals surface area contributed by atoms with Crippen LogP contribution in [0.5, 0.6) is 0 Å². The summed E-state index contributed by atoms with van der Waals surface area (Å²) in [5.74, 6) is 0.582. The molecule has 0 aliphatic rings. The third kappa shape index (κ3) is 5.86. The largest absolute Gasteiger partial charge is 0.411 e. The monoisotopic (exact) mass is 363 g/mol. The van der Waals surface area contributed by atoms with Crippen molar-refractivity contribution in [2.75, 3.05) is 19.5 Å². The van der Waals surface area contributed by atoms with E-state index in [0.717, 1.165) is 5.56 Å². The van der Waals surface area contributed by atoms with E-state index < -0.39 is 0 Å². The van der Waals surface area contributed by atoms with Gasteiger partial charge in [-0.2, -0.15) is 0 Å². The van der Waals surface area contributed by atoms with Gasteiger partial charge in [-0.3, -0.25) is 4.79 Å². The standard InChI is InChI=1S/C18H25N3O3S/c1-12(10-23-5)19-15(22)11-25-17-21-20-16(24-17)13-6-8-14(9-7-13)18(2,3)4/h6-9,12H,10-11H2,1-5H3,(H,19,22)/t12-/m0/s1. The minimum Gasteiger partial charge on any atom is -0.411 e. The predicted molar refractivity (Wildman–Crippen MR) is 98.6 cm³/mol. The summed E-state index contributed by atoms with van der Waals surface area (Å²) in [6, 6.07) is 8.05. The molecule has 2 aromatic rings. The molecule has 1 N–H and O–H groups in total. The number of carbonyl (C=O) groups is 1. The fourth-order valence-electron chi connectivity index (χ4n) is 2.23. The van der Waals surface area contributed by atoms with E-state index in [9.17, 15) is 4.79 Å². The topological polar surface area (TPSA) is 77.2 Å². The number of hydrogen-bond acceptors (Lipinski definition) is 6. The van der Waals surface area contributed by atoms with E-state index in [1.165, 1.54) is 17.3 Å². The Morgan fingerprint density at radius 3 is 2.56 bits per heavy atom. The van der Waals surface area contributed by atoms with Gasteiger partial charge in [0.1, 0.15) is 0 Å². The maximum Gasteiger partial charge on any atom is 0.277 e. The van der Waals surface area contributed by atoms with Gasteiger partial charge in [0, 0.05) is 18.7 Å². The van der Waals surface area contributed by atoms with Gasteiger partial charge in [-0.1, -0.05) is 44.7 Å². The number of methoxy groups -OCH3 is 1. The van der Waals surface area contributed by atoms with Crippen LogP contribution in [0.2, 0.25) is 0 Å². The maximum atomic E-state index is 11.8. The first kappa shape index (κ1) is 19.5. The van der Waals surface area contributed by atoms with Gasteiger partial charge in [0.15, 0.2) is 0 Å². The van der Waals surface area contributed by atoms with E-state index in [1.807, 2.05) is 19.1 Å². The zero-order chi connectivity index (χ0) is 18.4. The maximum absolute atomic E-state index is 11.8. The van der Waals surface area contributed by atoms with Crippen LogP contribution >= 0.6 is 11.8 Å². The van der Waals surface area contributed by atoms with Crippen LogP contribution in [0.3, 0.4) is 0 Å². The number of nitrogens with zero attached hydrogens (tertiary/aromatic N) is 2. The number of ether oxygens (including phenoxy) is 1. The van der Waals surface area contributed by atoms with E-state index in [-0.39, 0.29) is 23.1 Å². The molecule has 0 aliphatic heterocycles. The van der Waals surface area contributed by atoms with Gasteiger partial charge >= 0.3 is 0 Å². The van der Waals surface area contributed by atoms with Crippen molar-refractivity contribution in [2.24, 2.45) is 0 Å². The molecule has 0 fully saturated rings. The quantitative estimate of drug-likeness (QED) is 0.761. The highest BCUT2D eigenvalue weighted by Gasteiger charge is 2.15. The molecule has 1 heterocycles. The third-order valence-corrected chi connectivity index (χ3v) is 4.37. The van der Waals surface area contributed by atoms with Crippen molar-refractivity contribution in [3.63, 3.8) is 0 Å². The zero-order valence-corrected chi connectivity index (χ0v) is 16.1. The Balaban J connectivity index is 1.93. The van der Waals surface area contributed by atoms with Crippen LogP contribution in [0.15, 0.2) is 33.9 Å². The van der Waals surface area contributed by atoms with Gasteiger partial charge in [-0.25, -0.2) is 0 Å². The molecule has 0 saturated carbocycles. The summed E-state index contributed by atoms with van der Waals surface area (Å²) in [5.41, 5.74) is 2.21. The summed E-state index contributed by atoms with van der Waals surface area (Å²) < 4.78 is 10.6. The molecule has 25 heavy (non-hydrogen) atoms. The van der Waals surface area contributed by atoms with Crippen molar-refractivity contribution < 1.29 is 13.9 Å². The van der Waals surface area contributed by atoms with E-state index in [4.69, 9.17) is 9.15 Å². The molecule has 0 saturated heterocycles. The summed E-state index contributed by atoms with van der Waals surface area (Å²) in [5, 5.41) is 11.3. The predicted octanol–water partition coefficient (Wildman–Crippen LogP) is 3.28. The number of amides is 1. The molecule has 0 unspecified atom stereocenters. The number of rotatable bonds is 7.